The van der Waals surface area contributed by atoms with Crippen LogP contribution in [0.5, 0.6) is 0 Å². The van der Waals surface area contributed by atoms with E-state index in [4.69, 9.17) is 0 Å². The van der Waals surface area contributed by atoms with Gasteiger partial charge in [-0.15, -0.1) is 0 Å². The molecule has 0 radical (unpaired) electrons. The van der Waals surface area contributed by atoms with Crippen LogP contribution in [0.15, 0.2) is 0 Å². The number of amides is 1. The van der Waals surface area contributed by atoms with Crippen molar-refractivity contribution in [3.63, 3.8) is 0 Å². The third kappa shape index (κ3) is 5.05. The standard InChI is InChI=1S/C12H21NO3/c1-7(2)11(15)10(6-9(5)14)13-12(16)8(3)4/h7-8,10H,6H2,1-5H3,(H,13,16). The summed E-state index contributed by atoms with van der Waals surface area (Å²) < 4.78 is 0. The number of hydrogen-bond acceptors (Lipinski definition) is 3. The molecular formula is C12H21NO3. The van der Waals surface area contributed by atoms with Crippen LogP contribution in [0.4, 0.5) is 0 Å². The van der Waals surface area contributed by atoms with Crippen LogP contribution < -0.4 is 5.32 Å². The van der Waals surface area contributed by atoms with Gasteiger partial charge in [-0.25, -0.2) is 0 Å². The summed E-state index contributed by atoms with van der Waals surface area (Å²) in [5.74, 6) is -0.751. The highest BCUT2D eigenvalue weighted by Gasteiger charge is 2.25. The summed E-state index contributed by atoms with van der Waals surface area (Å²) in [6.07, 6.45) is 0.0788. The van der Waals surface area contributed by atoms with Crippen LogP contribution in [0, 0.1) is 11.8 Å². The van der Waals surface area contributed by atoms with Gasteiger partial charge in [0, 0.05) is 18.3 Å². The second-order valence-corrected chi connectivity index (χ2v) is 4.68. The second-order valence-electron chi connectivity index (χ2n) is 4.68. The Hall–Kier alpha value is -1.19. The molecule has 1 amide bonds. The van der Waals surface area contributed by atoms with E-state index in [1.165, 1.54) is 6.92 Å². The zero-order valence-corrected chi connectivity index (χ0v) is 10.7. The van der Waals surface area contributed by atoms with E-state index >= 15 is 0 Å². The van der Waals surface area contributed by atoms with Crippen molar-refractivity contribution in [3.05, 3.63) is 0 Å². The number of carbonyl (C=O) groups excluding carboxylic acids is 3. The molecule has 0 aromatic carbocycles. The predicted octanol–water partition coefficient (Wildman–Crippen LogP) is 1.33. The number of nitrogens with one attached hydrogen (secondary N) is 1. The zero-order valence-electron chi connectivity index (χ0n) is 10.7. The Morgan fingerprint density at radius 2 is 1.50 bits per heavy atom. The molecule has 0 aliphatic carbocycles. The van der Waals surface area contributed by atoms with E-state index in [2.05, 4.69) is 5.32 Å². The van der Waals surface area contributed by atoms with Crippen molar-refractivity contribution >= 4 is 17.5 Å². The number of ketones is 2. The van der Waals surface area contributed by atoms with E-state index in [0.717, 1.165) is 0 Å². The summed E-state index contributed by atoms with van der Waals surface area (Å²) in [6, 6.07) is -0.674. The normalized spacial score (nSPS) is 12.7. The lowest BCUT2D eigenvalue weighted by Gasteiger charge is -2.19. The van der Waals surface area contributed by atoms with Crippen LogP contribution in [0.1, 0.15) is 41.0 Å². The van der Waals surface area contributed by atoms with Gasteiger partial charge >= 0.3 is 0 Å². The first-order chi connectivity index (χ1) is 7.25. The minimum absolute atomic E-state index is 0.0788. The molecule has 0 spiro atoms. The van der Waals surface area contributed by atoms with Crippen LogP contribution in [-0.2, 0) is 14.4 Å². The fraction of sp³-hybridized carbons (Fsp3) is 0.750. The third-order valence-corrected chi connectivity index (χ3v) is 2.24. The monoisotopic (exact) mass is 227 g/mol. The lowest BCUT2D eigenvalue weighted by atomic mass is 9.97. The molecule has 0 saturated carbocycles. The summed E-state index contributed by atoms with van der Waals surface area (Å²) in [5, 5.41) is 2.62. The highest BCUT2D eigenvalue weighted by Crippen LogP contribution is 2.06. The molecule has 4 nitrogen and oxygen atoms in total. The molecule has 0 aliphatic rings. The van der Waals surface area contributed by atoms with Gasteiger partial charge in [-0.05, 0) is 6.92 Å². The highest BCUT2D eigenvalue weighted by molar-refractivity contribution is 5.94. The molecule has 4 heteroatoms. The molecule has 0 fully saturated rings. The molecule has 1 atom stereocenters. The Morgan fingerprint density at radius 3 is 1.81 bits per heavy atom. The van der Waals surface area contributed by atoms with Gasteiger partial charge < -0.3 is 5.32 Å². The largest absolute Gasteiger partial charge is 0.346 e. The van der Waals surface area contributed by atoms with Crippen molar-refractivity contribution in [1.29, 1.82) is 0 Å². The van der Waals surface area contributed by atoms with Gasteiger partial charge in [0.1, 0.15) is 5.78 Å². The van der Waals surface area contributed by atoms with E-state index in [1.807, 2.05) is 0 Å². The molecule has 0 aromatic rings. The lowest BCUT2D eigenvalue weighted by molar-refractivity contribution is -0.132. The van der Waals surface area contributed by atoms with Crippen LogP contribution in [0.3, 0.4) is 0 Å². The van der Waals surface area contributed by atoms with Crippen molar-refractivity contribution in [2.75, 3.05) is 0 Å². The van der Waals surface area contributed by atoms with Crippen LogP contribution in [0.25, 0.3) is 0 Å². The molecule has 0 rings (SSSR count). The first kappa shape index (κ1) is 14.8. The number of carbonyl (C=O) groups is 3. The Morgan fingerprint density at radius 1 is 1.00 bits per heavy atom. The molecule has 0 aromatic heterocycles. The molecule has 0 bridgehead atoms. The Balaban J connectivity index is 4.61. The smallest absolute Gasteiger partial charge is 0.223 e. The fourth-order valence-corrected chi connectivity index (χ4v) is 1.25. The highest BCUT2D eigenvalue weighted by atomic mass is 16.2. The maximum absolute atomic E-state index is 11.8. The number of hydrogen-bond donors (Lipinski definition) is 1. The quantitative estimate of drug-likeness (QED) is 0.744. The first-order valence-electron chi connectivity index (χ1n) is 5.59. The van der Waals surface area contributed by atoms with E-state index in [0.29, 0.717) is 0 Å². The van der Waals surface area contributed by atoms with Crippen molar-refractivity contribution in [2.45, 2.75) is 47.1 Å². The number of Topliss-reactive ketones (excluding diaryl/α,β-unsaturated/α-hetero) is 2. The molecule has 0 saturated heterocycles. The van der Waals surface area contributed by atoms with Gasteiger partial charge in [0.05, 0.1) is 6.04 Å². The number of rotatable bonds is 6. The lowest BCUT2D eigenvalue weighted by Crippen LogP contribution is -2.45. The second kappa shape index (κ2) is 6.40. The summed E-state index contributed by atoms with van der Waals surface area (Å²) in [4.78, 5) is 34.3. The minimum atomic E-state index is -0.674. The summed E-state index contributed by atoms with van der Waals surface area (Å²) in [6.45, 7) is 8.44. The minimum Gasteiger partial charge on any atom is -0.346 e. The van der Waals surface area contributed by atoms with Gasteiger partial charge in [-0.1, -0.05) is 27.7 Å². The van der Waals surface area contributed by atoms with Crippen LogP contribution in [0.2, 0.25) is 0 Å². The van der Waals surface area contributed by atoms with Gasteiger partial charge in [0.15, 0.2) is 5.78 Å². The molecular weight excluding hydrogens is 206 g/mol. The van der Waals surface area contributed by atoms with Crippen molar-refractivity contribution in [2.24, 2.45) is 11.8 Å². The van der Waals surface area contributed by atoms with E-state index < -0.39 is 6.04 Å². The SMILES string of the molecule is CC(=O)CC(NC(=O)C(C)C)C(=O)C(C)C. The predicted molar refractivity (Wildman–Crippen MR) is 61.9 cm³/mol. The van der Waals surface area contributed by atoms with Gasteiger partial charge in [0.2, 0.25) is 5.91 Å². The Kier molecular flexibility index (Phi) is 5.93. The van der Waals surface area contributed by atoms with Crippen molar-refractivity contribution in [1.82, 2.24) is 5.32 Å². The maximum Gasteiger partial charge on any atom is 0.223 e. The van der Waals surface area contributed by atoms with E-state index in [-0.39, 0.29) is 35.7 Å². The van der Waals surface area contributed by atoms with E-state index in [9.17, 15) is 14.4 Å². The van der Waals surface area contributed by atoms with Gasteiger partial charge in [-0.2, -0.15) is 0 Å². The van der Waals surface area contributed by atoms with Gasteiger partial charge in [0.25, 0.3) is 0 Å². The molecule has 16 heavy (non-hydrogen) atoms. The zero-order chi connectivity index (χ0) is 12.9. The first-order valence-corrected chi connectivity index (χ1v) is 5.59. The maximum atomic E-state index is 11.8. The summed E-state index contributed by atoms with van der Waals surface area (Å²) >= 11 is 0. The fourth-order valence-electron chi connectivity index (χ4n) is 1.25. The molecule has 0 heterocycles. The average Bonchev–Trinajstić information content (AvgIpc) is 2.14. The average molecular weight is 227 g/mol. The molecule has 0 aliphatic heterocycles. The summed E-state index contributed by atoms with van der Waals surface area (Å²) in [7, 11) is 0. The van der Waals surface area contributed by atoms with Crippen molar-refractivity contribution in [3.8, 4) is 0 Å². The van der Waals surface area contributed by atoms with E-state index in [1.54, 1.807) is 27.7 Å². The molecule has 1 N–H and O–H groups in total. The summed E-state index contributed by atoms with van der Waals surface area (Å²) in [5.41, 5.74) is 0. The Labute approximate surface area is 96.8 Å². The molecule has 1 unspecified atom stereocenters. The van der Waals surface area contributed by atoms with Crippen LogP contribution >= 0.6 is 0 Å². The molecule has 92 valence electrons. The topological polar surface area (TPSA) is 63.2 Å². The van der Waals surface area contributed by atoms with Crippen LogP contribution in [-0.4, -0.2) is 23.5 Å². The van der Waals surface area contributed by atoms with Crippen molar-refractivity contribution < 1.29 is 14.4 Å². The third-order valence-electron chi connectivity index (χ3n) is 2.24. The Bertz CT molecular complexity index is 282. The van der Waals surface area contributed by atoms with Gasteiger partial charge in [-0.3, -0.25) is 14.4 Å².